The Kier molecular flexibility index (Phi) is 10.9. The molecule has 0 aliphatic carbocycles. The van der Waals surface area contributed by atoms with Gasteiger partial charge < -0.3 is 40.7 Å². The molecule has 0 spiro atoms. The maximum absolute atomic E-state index is 12.3. The van der Waals surface area contributed by atoms with Gasteiger partial charge in [-0.15, -0.1) is 11.8 Å². The van der Waals surface area contributed by atoms with Gasteiger partial charge in [-0.25, -0.2) is 8.42 Å². The molecule has 3 amide bonds. The van der Waals surface area contributed by atoms with Crippen LogP contribution >= 0.6 is 11.8 Å². The van der Waals surface area contributed by atoms with Gasteiger partial charge >= 0.3 is 59.1 Å². The van der Waals surface area contributed by atoms with Crippen LogP contribution in [0.2, 0.25) is 0 Å². The van der Waals surface area contributed by atoms with E-state index in [2.05, 4.69) is 5.32 Å². The predicted octanol–water partition coefficient (Wildman–Crippen LogP) is -9.14. The maximum atomic E-state index is 12.3. The molecule has 4 fully saturated rings. The van der Waals surface area contributed by atoms with Crippen LogP contribution in [-0.2, 0) is 33.8 Å². The molecular formula is C24H28N4Na2O9S2. The molecule has 5 rings (SSSR count). The second-order valence-corrected chi connectivity index (χ2v) is 15.2. The first-order chi connectivity index (χ1) is 17.9. The second-order valence-electron chi connectivity index (χ2n) is 10.8. The number of fused-ring (bicyclic) bond motifs is 2. The van der Waals surface area contributed by atoms with Crippen LogP contribution in [0.15, 0.2) is 30.3 Å². The Bertz CT molecular complexity index is 1360. The van der Waals surface area contributed by atoms with Crippen molar-refractivity contribution in [3.8, 4) is 0 Å². The molecule has 0 bridgehead atoms. The maximum Gasteiger partial charge on any atom is 1.00 e. The van der Waals surface area contributed by atoms with Gasteiger partial charge in [0, 0.05) is 4.75 Å². The molecule has 4 saturated heterocycles. The van der Waals surface area contributed by atoms with E-state index in [0.29, 0.717) is 5.56 Å². The van der Waals surface area contributed by atoms with Gasteiger partial charge in [0.05, 0.1) is 35.2 Å². The summed E-state index contributed by atoms with van der Waals surface area (Å²) in [6.45, 7) is 6.12. The SMILES string of the molecule is CC1(C)S[C@@H]2[C@H](NC(=O)[C@H](N)c3ccccc3)C(=O)N2[C@H]1C(=O)[O-].CC1(C)[C@H](C(=O)[O-])N2C(=O)C[C@H]2S1(=O)=O.[Na+].[Na+]. The van der Waals surface area contributed by atoms with Crippen LogP contribution in [0.4, 0.5) is 0 Å². The number of carboxylic acids is 2. The number of hydrogen-bond donors (Lipinski definition) is 2. The summed E-state index contributed by atoms with van der Waals surface area (Å²) in [5.41, 5.74) is 6.57. The fourth-order valence-electron chi connectivity index (χ4n) is 5.39. The molecule has 212 valence electrons. The van der Waals surface area contributed by atoms with Gasteiger partial charge in [0.1, 0.15) is 22.8 Å². The van der Waals surface area contributed by atoms with Crippen LogP contribution in [0.3, 0.4) is 0 Å². The van der Waals surface area contributed by atoms with Gasteiger partial charge in [0.2, 0.25) is 17.7 Å². The summed E-state index contributed by atoms with van der Waals surface area (Å²) < 4.78 is 21.6. The number of nitrogens with one attached hydrogen (secondary N) is 1. The van der Waals surface area contributed by atoms with Gasteiger partial charge in [0.25, 0.3) is 0 Å². The Morgan fingerprint density at radius 2 is 1.54 bits per heavy atom. The molecule has 4 aliphatic rings. The minimum atomic E-state index is -3.61. The topological polar surface area (TPSA) is 210 Å². The molecule has 0 saturated carbocycles. The molecule has 0 aromatic heterocycles. The van der Waals surface area contributed by atoms with Gasteiger partial charge in [-0.2, -0.15) is 0 Å². The standard InChI is InChI=1S/C16H19N3O4S.C8H11NO5S.2Na/c1-16(2)11(15(22)23)19-13(21)10(14(19)24-16)18-12(20)9(17)8-6-4-3-5-7-8;1-8(2)6(7(11)12)9-4(10)3-5(9)15(8,13)14;;/h3-7,9-11,14H,17H2,1-2H3,(H,18,20)(H,22,23);5-6H,3H2,1-2H3,(H,11,12);;/q;;2*+1/p-2/t9-,10-,11+,14-;5-,6+;;/m11../s1. The summed E-state index contributed by atoms with van der Waals surface area (Å²) in [6, 6.07) is 4.82. The van der Waals surface area contributed by atoms with Crippen LogP contribution in [0.1, 0.15) is 45.7 Å². The van der Waals surface area contributed by atoms with Gasteiger partial charge in [-0.05, 0) is 33.3 Å². The fraction of sp³-hybridized carbons (Fsp3) is 0.542. The van der Waals surface area contributed by atoms with Crippen molar-refractivity contribution in [2.24, 2.45) is 5.73 Å². The van der Waals surface area contributed by atoms with Crippen molar-refractivity contribution in [2.75, 3.05) is 0 Å². The molecule has 1 aromatic rings. The van der Waals surface area contributed by atoms with Crippen molar-refractivity contribution in [1.29, 1.82) is 0 Å². The Morgan fingerprint density at radius 3 is 2.00 bits per heavy atom. The summed E-state index contributed by atoms with van der Waals surface area (Å²) in [4.78, 5) is 60.2. The van der Waals surface area contributed by atoms with Crippen LogP contribution in [0.25, 0.3) is 0 Å². The van der Waals surface area contributed by atoms with Crippen molar-refractivity contribution in [2.45, 2.75) is 78.5 Å². The first kappa shape index (κ1) is 36.0. The van der Waals surface area contributed by atoms with E-state index >= 15 is 0 Å². The van der Waals surface area contributed by atoms with E-state index in [-0.39, 0.29) is 65.5 Å². The number of carbonyl (C=O) groups excluding carboxylic acids is 5. The molecule has 0 unspecified atom stereocenters. The zero-order valence-corrected chi connectivity index (χ0v) is 29.2. The molecule has 6 atom stereocenters. The molecule has 4 aliphatic heterocycles. The van der Waals surface area contributed by atoms with Gasteiger partial charge in [0.15, 0.2) is 9.84 Å². The molecule has 17 heteroatoms. The van der Waals surface area contributed by atoms with Crippen molar-refractivity contribution in [1.82, 2.24) is 15.1 Å². The molecule has 4 heterocycles. The summed E-state index contributed by atoms with van der Waals surface area (Å²) in [6.07, 6.45) is -0.116. The van der Waals surface area contributed by atoms with Crippen LogP contribution in [0, 0.1) is 0 Å². The zero-order chi connectivity index (χ0) is 29.2. The Labute approximate surface area is 285 Å². The first-order valence-corrected chi connectivity index (χ1v) is 14.4. The third kappa shape index (κ3) is 5.86. The molecule has 3 N–H and O–H groups in total. The van der Waals surface area contributed by atoms with Crippen molar-refractivity contribution < 1.29 is 102 Å². The first-order valence-electron chi connectivity index (χ1n) is 12.0. The van der Waals surface area contributed by atoms with Gasteiger partial charge in [-0.3, -0.25) is 14.4 Å². The summed E-state index contributed by atoms with van der Waals surface area (Å²) in [5.74, 6) is -4.12. The number of benzene rings is 1. The molecule has 1 aromatic carbocycles. The Hall–Kier alpha value is -1.17. The largest absolute Gasteiger partial charge is 1.00 e. The van der Waals surface area contributed by atoms with Crippen LogP contribution in [-0.4, -0.2) is 86.2 Å². The summed E-state index contributed by atoms with van der Waals surface area (Å²) in [7, 11) is -3.61. The minimum absolute atomic E-state index is 0. The summed E-state index contributed by atoms with van der Waals surface area (Å²) in [5, 5.41) is 23.5. The van der Waals surface area contributed by atoms with E-state index in [1.807, 2.05) is 6.07 Å². The number of rotatable bonds is 5. The average Bonchev–Trinajstić information content (AvgIpc) is 3.18. The zero-order valence-electron chi connectivity index (χ0n) is 23.5. The van der Waals surface area contributed by atoms with E-state index in [9.17, 15) is 42.6 Å². The quantitative estimate of drug-likeness (QED) is 0.232. The molecular weight excluding hydrogens is 598 g/mol. The number of nitrogens with two attached hydrogens (primary N) is 1. The monoisotopic (exact) mass is 626 g/mol. The number of aliphatic carboxylic acids is 2. The van der Waals surface area contributed by atoms with Crippen LogP contribution in [0.5, 0.6) is 0 Å². The third-order valence-electron chi connectivity index (χ3n) is 7.60. The third-order valence-corrected chi connectivity index (χ3v) is 12.0. The van der Waals surface area contributed by atoms with Crippen molar-refractivity contribution >= 4 is 51.3 Å². The number of nitrogens with zero attached hydrogens (tertiary/aromatic N) is 2. The fourth-order valence-corrected chi connectivity index (χ4v) is 9.13. The number of β-lactam (4-membered cyclic amide) rings is 2. The van der Waals surface area contributed by atoms with Crippen molar-refractivity contribution in [3.05, 3.63) is 35.9 Å². The minimum Gasteiger partial charge on any atom is -0.548 e. The Balaban J connectivity index is 0.000000300. The van der Waals surface area contributed by atoms with E-state index < -0.39 is 83.9 Å². The van der Waals surface area contributed by atoms with E-state index in [1.54, 1.807) is 38.1 Å². The summed E-state index contributed by atoms with van der Waals surface area (Å²) >= 11 is 1.34. The second kappa shape index (κ2) is 12.4. The normalized spacial score (nSPS) is 29.9. The molecule has 0 radical (unpaired) electrons. The number of hydrogen-bond acceptors (Lipinski definition) is 11. The smallest absolute Gasteiger partial charge is 0.548 e. The number of carbonyl (C=O) groups is 5. The average molecular weight is 627 g/mol. The van der Waals surface area contributed by atoms with Gasteiger partial charge in [-0.1, -0.05) is 30.3 Å². The van der Waals surface area contributed by atoms with Crippen molar-refractivity contribution in [3.63, 3.8) is 0 Å². The number of sulfone groups is 1. The molecule has 13 nitrogen and oxygen atoms in total. The number of amides is 3. The van der Waals surface area contributed by atoms with E-state index in [4.69, 9.17) is 5.73 Å². The predicted molar refractivity (Wildman–Crippen MR) is 133 cm³/mol. The molecule has 41 heavy (non-hydrogen) atoms. The van der Waals surface area contributed by atoms with E-state index in [0.717, 1.165) is 4.90 Å². The number of carboxylic acid groups (broad SMARTS) is 2. The Morgan fingerprint density at radius 1 is 1.00 bits per heavy atom. The number of thioether (sulfide) groups is 1. The van der Waals surface area contributed by atoms with Crippen LogP contribution < -0.4 is 80.4 Å². The van der Waals surface area contributed by atoms with E-state index in [1.165, 1.54) is 30.5 Å².